The molecule has 3 aliphatic heterocycles. The van der Waals surface area contributed by atoms with Crippen molar-refractivity contribution in [1.29, 1.82) is 0 Å². The lowest BCUT2D eigenvalue weighted by Gasteiger charge is -2.30. The van der Waals surface area contributed by atoms with Crippen molar-refractivity contribution < 1.29 is 17.9 Å². The Morgan fingerprint density at radius 3 is 2.63 bits per heavy atom. The quantitative estimate of drug-likeness (QED) is 0.664. The summed E-state index contributed by atoms with van der Waals surface area (Å²) < 4.78 is 28.6. The minimum absolute atomic E-state index is 0.0298. The van der Waals surface area contributed by atoms with Crippen molar-refractivity contribution in [2.75, 3.05) is 50.9 Å². The summed E-state index contributed by atoms with van der Waals surface area (Å²) in [6, 6.07) is -0.0708. The number of fused-ring (bicyclic) bond motifs is 1. The highest BCUT2D eigenvalue weighted by Gasteiger charge is 2.48. The normalized spacial score (nSPS) is 34.7. The number of likely N-dealkylation sites (tertiary alicyclic amines) is 1. The zero-order valence-corrected chi connectivity index (χ0v) is 11.8. The van der Waals surface area contributed by atoms with Crippen LogP contribution in [0.5, 0.6) is 0 Å². The third-order valence-corrected chi connectivity index (χ3v) is 6.14. The first-order valence-corrected chi connectivity index (χ1v) is 8.67. The Morgan fingerprint density at radius 1 is 1.16 bits per heavy atom. The van der Waals surface area contributed by atoms with Crippen LogP contribution in [0.3, 0.4) is 0 Å². The zero-order chi connectivity index (χ0) is 13.5. The topological polar surface area (TPSA) is 66.9 Å². The van der Waals surface area contributed by atoms with E-state index < -0.39 is 9.84 Å². The second-order valence-corrected chi connectivity index (χ2v) is 7.80. The van der Waals surface area contributed by atoms with E-state index in [4.69, 9.17) is 4.74 Å². The number of carbonyl (C=O) groups is 1. The summed E-state index contributed by atoms with van der Waals surface area (Å²) in [5.74, 6) is 0.504. The first-order valence-electron chi connectivity index (χ1n) is 6.85. The SMILES string of the molecule is O=C1C[C@H]2CS(=O)(=O)C[C@@H]2N1CCN1CCOCC1. The smallest absolute Gasteiger partial charge is 0.223 e. The largest absolute Gasteiger partial charge is 0.379 e. The molecule has 0 radical (unpaired) electrons. The van der Waals surface area contributed by atoms with Gasteiger partial charge in [0.1, 0.15) is 0 Å². The zero-order valence-electron chi connectivity index (χ0n) is 11.0. The number of rotatable bonds is 3. The summed E-state index contributed by atoms with van der Waals surface area (Å²) in [5.41, 5.74) is 0. The lowest BCUT2D eigenvalue weighted by Crippen LogP contribution is -2.44. The maximum Gasteiger partial charge on any atom is 0.223 e. The van der Waals surface area contributed by atoms with E-state index in [1.165, 1.54) is 0 Å². The highest BCUT2D eigenvalue weighted by atomic mass is 32.2. The molecule has 6 nitrogen and oxygen atoms in total. The lowest BCUT2D eigenvalue weighted by atomic mass is 10.1. The molecule has 3 fully saturated rings. The van der Waals surface area contributed by atoms with Crippen LogP contribution >= 0.6 is 0 Å². The molecule has 2 atom stereocenters. The van der Waals surface area contributed by atoms with Gasteiger partial charge in [-0.3, -0.25) is 9.69 Å². The molecular formula is C12H20N2O4S. The van der Waals surface area contributed by atoms with Crippen molar-refractivity contribution in [3.05, 3.63) is 0 Å². The Labute approximate surface area is 113 Å². The van der Waals surface area contributed by atoms with E-state index in [0.717, 1.165) is 32.8 Å². The van der Waals surface area contributed by atoms with Crippen LogP contribution in [0.1, 0.15) is 6.42 Å². The van der Waals surface area contributed by atoms with Crippen LogP contribution in [0.15, 0.2) is 0 Å². The van der Waals surface area contributed by atoms with Gasteiger partial charge in [0.25, 0.3) is 0 Å². The molecule has 0 bridgehead atoms. The van der Waals surface area contributed by atoms with Gasteiger partial charge in [0, 0.05) is 44.6 Å². The van der Waals surface area contributed by atoms with Crippen molar-refractivity contribution >= 4 is 15.7 Å². The van der Waals surface area contributed by atoms with Crippen molar-refractivity contribution in [2.45, 2.75) is 12.5 Å². The summed E-state index contributed by atoms with van der Waals surface area (Å²) in [6.45, 7) is 4.75. The van der Waals surface area contributed by atoms with Gasteiger partial charge in [-0.05, 0) is 0 Å². The average molecular weight is 288 g/mol. The second kappa shape index (κ2) is 5.03. The van der Waals surface area contributed by atoms with Gasteiger partial charge < -0.3 is 9.64 Å². The molecule has 3 rings (SSSR count). The molecule has 108 valence electrons. The number of amides is 1. The average Bonchev–Trinajstić information content (AvgIpc) is 2.79. The fraction of sp³-hybridized carbons (Fsp3) is 0.917. The van der Waals surface area contributed by atoms with Crippen molar-refractivity contribution in [3.63, 3.8) is 0 Å². The number of hydrogen-bond acceptors (Lipinski definition) is 5. The number of morpholine rings is 1. The number of nitrogens with zero attached hydrogens (tertiary/aromatic N) is 2. The minimum Gasteiger partial charge on any atom is -0.379 e. The van der Waals surface area contributed by atoms with Gasteiger partial charge in [0.2, 0.25) is 5.91 Å². The standard InChI is InChI=1S/C12H20N2O4S/c15-12-7-10-8-19(16,17)9-11(10)14(12)2-1-13-3-5-18-6-4-13/h10-11H,1-9H2/t10-,11-/m0/s1. The molecule has 0 aromatic carbocycles. The van der Waals surface area contributed by atoms with Gasteiger partial charge in [-0.2, -0.15) is 0 Å². The molecule has 3 heterocycles. The molecule has 0 aromatic rings. The van der Waals surface area contributed by atoms with Crippen molar-refractivity contribution in [2.24, 2.45) is 5.92 Å². The van der Waals surface area contributed by atoms with E-state index in [-0.39, 0.29) is 29.4 Å². The Kier molecular flexibility index (Phi) is 3.53. The van der Waals surface area contributed by atoms with E-state index in [1.807, 2.05) is 0 Å². The molecule has 0 N–H and O–H groups in total. The molecule has 7 heteroatoms. The van der Waals surface area contributed by atoms with Crippen LogP contribution in [-0.2, 0) is 19.4 Å². The van der Waals surface area contributed by atoms with E-state index >= 15 is 0 Å². The first-order chi connectivity index (χ1) is 9.05. The number of hydrogen-bond donors (Lipinski definition) is 0. The highest BCUT2D eigenvalue weighted by Crippen LogP contribution is 2.33. The molecule has 3 saturated heterocycles. The van der Waals surface area contributed by atoms with Crippen LogP contribution in [0.25, 0.3) is 0 Å². The van der Waals surface area contributed by atoms with Crippen molar-refractivity contribution in [1.82, 2.24) is 9.80 Å². The Balaban J connectivity index is 1.59. The first kappa shape index (κ1) is 13.3. The summed E-state index contributed by atoms with van der Waals surface area (Å²) in [7, 11) is -2.93. The van der Waals surface area contributed by atoms with Gasteiger partial charge >= 0.3 is 0 Å². The maximum absolute atomic E-state index is 12.0. The molecule has 0 aromatic heterocycles. The van der Waals surface area contributed by atoms with Crippen LogP contribution < -0.4 is 0 Å². The Morgan fingerprint density at radius 2 is 1.89 bits per heavy atom. The van der Waals surface area contributed by atoms with E-state index in [1.54, 1.807) is 4.90 Å². The van der Waals surface area contributed by atoms with Gasteiger partial charge in [0.05, 0.1) is 24.7 Å². The van der Waals surface area contributed by atoms with Crippen LogP contribution in [0, 0.1) is 5.92 Å². The molecule has 0 unspecified atom stereocenters. The number of sulfone groups is 1. The molecule has 19 heavy (non-hydrogen) atoms. The number of carbonyl (C=O) groups excluding carboxylic acids is 1. The summed E-state index contributed by atoms with van der Waals surface area (Å²) in [5, 5.41) is 0. The fourth-order valence-electron chi connectivity index (χ4n) is 3.33. The Hall–Kier alpha value is -0.660. The predicted molar refractivity (Wildman–Crippen MR) is 69.5 cm³/mol. The van der Waals surface area contributed by atoms with Gasteiger partial charge in [-0.15, -0.1) is 0 Å². The third kappa shape index (κ3) is 2.78. The molecule has 3 aliphatic rings. The van der Waals surface area contributed by atoms with E-state index in [9.17, 15) is 13.2 Å². The summed E-state index contributed by atoms with van der Waals surface area (Å²) in [6.07, 6.45) is 0.410. The minimum atomic E-state index is -2.93. The molecule has 1 amide bonds. The van der Waals surface area contributed by atoms with E-state index in [0.29, 0.717) is 13.0 Å². The monoisotopic (exact) mass is 288 g/mol. The second-order valence-electron chi connectivity index (χ2n) is 5.65. The predicted octanol–water partition coefficient (Wildman–Crippen LogP) is -1.04. The highest BCUT2D eigenvalue weighted by molar-refractivity contribution is 7.91. The van der Waals surface area contributed by atoms with Crippen LogP contribution in [0.4, 0.5) is 0 Å². The van der Waals surface area contributed by atoms with Crippen LogP contribution in [-0.4, -0.2) is 81.1 Å². The fourth-order valence-corrected chi connectivity index (χ4v) is 5.43. The summed E-state index contributed by atoms with van der Waals surface area (Å²) >= 11 is 0. The van der Waals surface area contributed by atoms with E-state index in [2.05, 4.69) is 4.90 Å². The van der Waals surface area contributed by atoms with Gasteiger partial charge in [-0.25, -0.2) is 8.42 Å². The molecular weight excluding hydrogens is 268 g/mol. The third-order valence-electron chi connectivity index (χ3n) is 4.36. The molecule has 0 spiro atoms. The van der Waals surface area contributed by atoms with Crippen molar-refractivity contribution in [3.8, 4) is 0 Å². The Bertz CT molecular complexity index is 458. The molecule has 0 saturated carbocycles. The summed E-state index contributed by atoms with van der Waals surface area (Å²) in [4.78, 5) is 16.0. The molecule has 0 aliphatic carbocycles. The maximum atomic E-state index is 12.0. The van der Waals surface area contributed by atoms with Gasteiger partial charge in [0.15, 0.2) is 9.84 Å². The van der Waals surface area contributed by atoms with Crippen LogP contribution in [0.2, 0.25) is 0 Å². The van der Waals surface area contributed by atoms with Gasteiger partial charge in [-0.1, -0.05) is 0 Å². The lowest BCUT2D eigenvalue weighted by molar-refractivity contribution is -0.129. The number of ether oxygens (including phenoxy) is 1.